The second-order valence-electron chi connectivity index (χ2n) is 12.2. The summed E-state index contributed by atoms with van der Waals surface area (Å²) in [4.78, 5) is 0. The van der Waals surface area contributed by atoms with Crippen molar-refractivity contribution in [1.29, 1.82) is 0 Å². The highest BCUT2D eigenvalue weighted by Gasteiger charge is 2.64. The van der Waals surface area contributed by atoms with Crippen LogP contribution in [-0.2, 0) is 16.5 Å². The van der Waals surface area contributed by atoms with Gasteiger partial charge in [-0.3, -0.25) is 0 Å². The molecule has 32 heavy (non-hydrogen) atoms. The highest BCUT2D eigenvalue weighted by molar-refractivity contribution is 6.86. The zero-order valence-electron chi connectivity index (χ0n) is 20.0. The molecule has 1 heterocycles. The van der Waals surface area contributed by atoms with Gasteiger partial charge in [-0.1, -0.05) is 24.3 Å². The minimum atomic E-state index is -2.35. The molecule has 0 aromatic rings. The molecule has 1 aliphatic heterocycles. The first-order valence-electron chi connectivity index (χ1n) is 13.1. The summed E-state index contributed by atoms with van der Waals surface area (Å²) in [7, 11) is -7.46. The molecule has 8 heteroatoms. The largest absolute Gasteiger partial charge is 0.415 e. The summed E-state index contributed by atoms with van der Waals surface area (Å²) in [5.74, 6) is 6.69. The van der Waals surface area contributed by atoms with Gasteiger partial charge in [0.15, 0.2) is 0 Å². The summed E-state index contributed by atoms with van der Waals surface area (Å²) in [6, 6.07) is 0. The molecule has 4 nitrogen and oxygen atoms in total. The van der Waals surface area contributed by atoms with E-state index >= 15 is 0 Å². The SMILES string of the molecule is C[Si]1O[Si](C)(C2CC3CC2C2C=CCC32)O[Si](C)O[Si](C)(C2CC3CC2C2C=CCC32)O1. The molecule has 0 aromatic heterocycles. The smallest absolute Gasteiger partial charge is 0.362 e. The molecule has 7 rings (SSSR count). The summed E-state index contributed by atoms with van der Waals surface area (Å²) < 4.78 is 28.0. The van der Waals surface area contributed by atoms with E-state index in [0.717, 1.165) is 47.3 Å². The molecule has 174 valence electrons. The lowest BCUT2D eigenvalue weighted by Gasteiger charge is -2.48. The van der Waals surface area contributed by atoms with E-state index in [-0.39, 0.29) is 0 Å². The molecule has 7 aliphatic rings. The lowest BCUT2D eigenvalue weighted by atomic mass is 9.81. The second kappa shape index (κ2) is 7.35. The molecule has 4 saturated carbocycles. The van der Waals surface area contributed by atoms with Crippen LogP contribution in [-0.4, -0.2) is 35.7 Å². The van der Waals surface area contributed by atoms with E-state index in [4.69, 9.17) is 16.5 Å². The average Bonchev–Trinajstić information content (AvgIpc) is 3.54. The second-order valence-corrected chi connectivity index (χ2v) is 23.0. The summed E-state index contributed by atoms with van der Waals surface area (Å²) in [6.07, 6.45) is 18.0. The molecule has 0 aromatic carbocycles. The maximum absolute atomic E-state index is 6.99. The topological polar surface area (TPSA) is 36.9 Å². The Labute approximate surface area is 199 Å². The van der Waals surface area contributed by atoms with Crippen LogP contribution in [0.3, 0.4) is 0 Å². The van der Waals surface area contributed by atoms with E-state index in [9.17, 15) is 0 Å². The maximum atomic E-state index is 6.99. The van der Waals surface area contributed by atoms with E-state index < -0.39 is 35.7 Å². The first kappa shape index (κ1) is 21.5. The first-order valence-corrected chi connectivity index (χ1v) is 21.5. The van der Waals surface area contributed by atoms with Gasteiger partial charge in [0.2, 0.25) is 0 Å². The van der Waals surface area contributed by atoms with Crippen LogP contribution >= 0.6 is 0 Å². The monoisotopic (exact) mass is 502 g/mol. The zero-order chi connectivity index (χ0) is 21.8. The van der Waals surface area contributed by atoms with E-state index in [2.05, 4.69) is 50.5 Å². The van der Waals surface area contributed by atoms with E-state index in [1.54, 1.807) is 0 Å². The van der Waals surface area contributed by atoms with Gasteiger partial charge >= 0.3 is 35.7 Å². The molecule has 5 fully saturated rings. The van der Waals surface area contributed by atoms with Crippen molar-refractivity contribution in [2.75, 3.05) is 0 Å². The molecule has 0 amide bonds. The van der Waals surface area contributed by atoms with Crippen LogP contribution in [0, 0.1) is 47.3 Å². The van der Waals surface area contributed by atoms with Gasteiger partial charge in [-0.25, -0.2) is 0 Å². The number of fused-ring (bicyclic) bond motifs is 10. The summed E-state index contributed by atoms with van der Waals surface area (Å²) in [5.41, 5.74) is 1.23. The van der Waals surface area contributed by atoms with Crippen molar-refractivity contribution in [3.05, 3.63) is 24.3 Å². The molecular weight excluding hydrogens is 465 g/mol. The Bertz CT molecular complexity index is 770. The highest BCUT2D eigenvalue weighted by atomic mass is 28.5. The van der Waals surface area contributed by atoms with Gasteiger partial charge in [0.05, 0.1) is 0 Å². The van der Waals surface area contributed by atoms with E-state index in [0.29, 0.717) is 11.1 Å². The molecule has 10 unspecified atom stereocenters. The number of hydrogen-bond donors (Lipinski definition) is 0. The zero-order valence-corrected chi connectivity index (χ0v) is 24.0. The van der Waals surface area contributed by atoms with Gasteiger partial charge in [0.25, 0.3) is 0 Å². The van der Waals surface area contributed by atoms with Crippen molar-refractivity contribution in [1.82, 2.24) is 0 Å². The fraction of sp³-hybridized carbons (Fsp3) is 0.833. The Hall–Kier alpha value is 0.188. The Kier molecular flexibility index (Phi) is 4.93. The van der Waals surface area contributed by atoms with Gasteiger partial charge in [-0.15, -0.1) is 0 Å². The van der Waals surface area contributed by atoms with E-state index in [1.165, 1.54) is 38.5 Å². The van der Waals surface area contributed by atoms with Crippen LogP contribution in [0.25, 0.3) is 0 Å². The lowest BCUT2D eigenvalue weighted by Crippen LogP contribution is -2.62. The van der Waals surface area contributed by atoms with Crippen LogP contribution in [0.2, 0.25) is 37.3 Å². The quantitative estimate of drug-likeness (QED) is 0.361. The highest BCUT2D eigenvalue weighted by Crippen LogP contribution is 2.65. The van der Waals surface area contributed by atoms with Gasteiger partial charge in [0.1, 0.15) is 0 Å². The van der Waals surface area contributed by atoms with Crippen LogP contribution in [0.4, 0.5) is 0 Å². The van der Waals surface area contributed by atoms with Gasteiger partial charge in [0, 0.05) is 11.1 Å². The number of rotatable bonds is 2. The fourth-order valence-electron chi connectivity index (χ4n) is 9.82. The Morgan fingerprint density at radius 2 is 1.03 bits per heavy atom. The molecule has 0 N–H and O–H groups in total. The van der Waals surface area contributed by atoms with Crippen LogP contribution in [0.1, 0.15) is 38.5 Å². The van der Waals surface area contributed by atoms with Gasteiger partial charge in [-0.05, 0) is 112 Å². The molecule has 6 aliphatic carbocycles. The molecule has 0 spiro atoms. The molecule has 4 bridgehead atoms. The summed E-state index contributed by atoms with van der Waals surface area (Å²) >= 11 is 0. The Morgan fingerprint density at radius 1 is 0.625 bits per heavy atom. The van der Waals surface area contributed by atoms with Crippen LogP contribution in [0.5, 0.6) is 0 Å². The molecule has 2 radical (unpaired) electrons. The predicted molar refractivity (Wildman–Crippen MR) is 132 cm³/mol. The average molecular weight is 503 g/mol. The summed E-state index contributed by atoms with van der Waals surface area (Å²) in [6.45, 7) is 9.18. The molecule has 10 atom stereocenters. The van der Waals surface area contributed by atoms with Crippen molar-refractivity contribution < 1.29 is 16.5 Å². The molecular formula is C24H38O4Si4. The van der Waals surface area contributed by atoms with Gasteiger partial charge in [-0.2, -0.15) is 0 Å². The Balaban J connectivity index is 1.11. The van der Waals surface area contributed by atoms with Crippen molar-refractivity contribution in [2.24, 2.45) is 47.3 Å². The Morgan fingerprint density at radius 3 is 1.44 bits per heavy atom. The lowest BCUT2D eigenvalue weighted by molar-refractivity contribution is 0.197. The number of hydrogen-bond acceptors (Lipinski definition) is 4. The number of allylic oxidation sites excluding steroid dienone is 4. The predicted octanol–water partition coefficient (Wildman–Crippen LogP) is 5.65. The standard InChI is InChI=1S/C24H38O4Si4/c1-29-25-31(3,23-13-15-11-21(23)19-9-5-7-17(15)19)27-30(2)28-32(4,26-29)24-14-16-12-22(24)20-10-6-8-18(16)20/h5-6,9-10,15-24H,7-8,11-14H2,1-4H3. The molecule has 1 saturated heterocycles. The van der Waals surface area contributed by atoms with Crippen LogP contribution in [0.15, 0.2) is 24.3 Å². The third kappa shape index (κ3) is 3.03. The first-order chi connectivity index (χ1) is 15.3. The third-order valence-corrected chi connectivity index (χ3v) is 25.9. The van der Waals surface area contributed by atoms with Gasteiger partial charge < -0.3 is 16.5 Å². The minimum Gasteiger partial charge on any atom is -0.415 e. The van der Waals surface area contributed by atoms with Crippen molar-refractivity contribution in [3.8, 4) is 0 Å². The fourth-order valence-corrected chi connectivity index (χ4v) is 27.3. The van der Waals surface area contributed by atoms with Crippen molar-refractivity contribution >= 4 is 35.7 Å². The maximum Gasteiger partial charge on any atom is 0.362 e. The van der Waals surface area contributed by atoms with E-state index in [1.807, 2.05) is 0 Å². The minimum absolute atomic E-state index is 0.613. The third-order valence-electron chi connectivity index (χ3n) is 10.8. The summed E-state index contributed by atoms with van der Waals surface area (Å²) in [5, 5.41) is 0. The normalized spacial score (nSPS) is 59.0. The van der Waals surface area contributed by atoms with Crippen LogP contribution < -0.4 is 0 Å². The van der Waals surface area contributed by atoms with Crippen molar-refractivity contribution in [3.63, 3.8) is 0 Å². The van der Waals surface area contributed by atoms with Crippen molar-refractivity contribution in [2.45, 2.75) is 75.8 Å².